The van der Waals surface area contributed by atoms with Crippen molar-refractivity contribution in [2.24, 2.45) is 46.3 Å². The van der Waals surface area contributed by atoms with Crippen LogP contribution < -0.4 is 0 Å². The molecule has 0 amide bonds. The summed E-state index contributed by atoms with van der Waals surface area (Å²) in [6.45, 7) is 14.3. The zero-order chi connectivity index (χ0) is 22.4. The number of hydrogen-bond acceptors (Lipinski definition) is 2. The fraction of sp³-hybridized carbons (Fsp3) is 0.931. The Bertz CT molecular complexity index is 651. The zero-order valence-electron chi connectivity index (χ0n) is 21.3. The van der Waals surface area contributed by atoms with Crippen LogP contribution in [0.15, 0.2) is 11.6 Å². The van der Waals surface area contributed by atoms with E-state index < -0.39 is 6.29 Å². The van der Waals surface area contributed by atoms with Gasteiger partial charge in [0.1, 0.15) is 0 Å². The lowest BCUT2D eigenvalue weighted by molar-refractivity contribution is -0.139. The minimum absolute atomic E-state index is 0.215. The van der Waals surface area contributed by atoms with E-state index in [1.54, 1.807) is 12.5 Å². The fourth-order valence-electron chi connectivity index (χ4n) is 9.05. The smallest absolute Gasteiger partial charge is 0.152 e. The maximum Gasteiger partial charge on any atom is 0.152 e. The Kier molecular flexibility index (Phi) is 7.01. The highest BCUT2D eigenvalue weighted by Crippen LogP contribution is 2.67. The van der Waals surface area contributed by atoms with E-state index in [4.69, 9.17) is 4.74 Å². The van der Waals surface area contributed by atoms with Crippen LogP contribution in [0.3, 0.4) is 0 Å². The molecule has 31 heavy (non-hydrogen) atoms. The van der Waals surface area contributed by atoms with Crippen LogP contribution in [0.1, 0.15) is 112 Å². The molecular formula is C29H50O2. The van der Waals surface area contributed by atoms with Crippen LogP contribution in [0.25, 0.3) is 0 Å². The second kappa shape index (κ2) is 9.13. The molecule has 0 aromatic rings. The largest absolute Gasteiger partial charge is 0.368 e. The molecule has 2 unspecified atom stereocenters. The molecule has 0 bridgehead atoms. The minimum Gasteiger partial charge on any atom is -0.368 e. The Morgan fingerprint density at radius 1 is 1.00 bits per heavy atom. The number of fused-ring (bicyclic) bond motifs is 5. The van der Waals surface area contributed by atoms with Crippen molar-refractivity contribution in [3.05, 3.63) is 11.6 Å². The van der Waals surface area contributed by atoms with Crippen molar-refractivity contribution in [2.45, 2.75) is 125 Å². The highest BCUT2D eigenvalue weighted by atomic mass is 16.6. The van der Waals surface area contributed by atoms with Gasteiger partial charge in [-0.1, -0.05) is 65.5 Å². The van der Waals surface area contributed by atoms with Crippen LogP contribution in [-0.2, 0) is 4.74 Å². The monoisotopic (exact) mass is 430 g/mol. The lowest BCUT2D eigenvalue weighted by atomic mass is 9.47. The van der Waals surface area contributed by atoms with Crippen molar-refractivity contribution in [3.63, 3.8) is 0 Å². The molecule has 9 atom stereocenters. The summed E-state index contributed by atoms with van der Waals surface area (Å²) in [5.41, 5.74) is 2.61. The Morgan fingerprint density at radius 3 is 2.48 bits per heavy atom. The maximum atomic E-state index is 9.69. The minimum atomic E-state index is -0.639. The Labute approximate surface area is 192 Å². The molecular weight excluding hydrogens is 380 g/mol. The predicted molar refractivity (Wildman–Crippen MR) is 130 cm³/mol. The van der Waals surface area contributed by atoms with Gasteiger partial charge in [0.2, 0.25) is 0 Å². The summed E-state index contributed by atoms with van der Waals surface area (Å²) in [7, 11) is 0. The molecule has 4 aliphatic carbocycles. The number of hydrogen-bond donors (Lipinski definition) is 1. The molecule has 4 aliphatic rings. The predicted octanol–water partition coefficient (Wildman–Crippen LogP) is 7.75. The van der Waals surface area contributed by atoms with Crippen molar-refractivity contribution < 1.29 is 9.84 Å². The van der Waals surface area contributed by atoms with E-state index in [1.807, 2.05) is 0 Å². The normalized spacial score (nSPS) is 44.3. The van der Waals surface area contributed by atoms with Gasteiger partial charge in [-0.3, -0.25) is 0 Å². The Balaban J connectivity index is 1.46. The zero-order valence-corrected chi connectivity index (χ0v) is 21.3. The van der Waals surface area contributed by atoms with Gasteiger partial charge in [0.25, 0.3) is 0 Å². The van der Waals surface area contributed by atoms with Gasteiger partial charge in [0.05, 0.1) is 6.10 Å². The van der Waals surface area contributed by atoms with Crippen molar-refractivity contribution >= 4 is 0 Å². The van der Waals surface area contributed by atoms with Gasteiger partial charge >= 0.3 is 0 Å². The molecule has 2 nitrogen and oxygen atoms in total. The van der Waals surface area contributed by atoms with Crippen LogP contribution in [0.4, 0.5) is 0 Å². The van der Waals surface area contributed by atoms with E-state index >= 15 is 0 Å². The fourth-order valence-corrected chi connectivity index (χ4v) is 9.05. The molecule has 2 heteroatoms. The van der Waals surface area contributed by atoms with Gasteiger partial charge in [-0.05, 0) is 105 Å². The van der Waals surface area contributed by atoms with Gasteiger partial charge in [0, 0.05) is 0 Å². The van der Waals surface area contributed by atoms with E-state index in [-0.39, 0.29) is 6.10 Å². The average Bonchev–Trinajstić information content (AvgIpc) is 3.05. The number of ether oxygens (including phenoxy) is 1. The average molecular weight is 431 g/mol. The SMILES string of the molecule is CC(C)CCC[C@@H](C)[C@H]1CCC2[C@@H]3CC=C4C[C@@H](OC(C)O)CC[C@]4(C)[C@H]3CC[C@@]21C. The molecule has 0 aliphatic heterocycles. The summed E-state index contributed by atoms with van der Waals surface area (Å²) in [4.78, 5) is 0. The van der Waals surface area contributed by atoms with Crippen molar-refractivity contribution in [1.29, 1.82) is 0 Å². The summed E-state index contributed by atoms with van der Waals surface area (Å²) in [6, 6.07) is 0. The quantitative estimate of drug-likeness (QED) is 0.330. The topological polar surface area (TPSA) is 29.5 Å². The first-order chi connectivity index (χ1) is 14.6. The summed E-state index contributed by atoms with van der Waals surface area (Å²) in [6.07, 6.45) is 17.0. The molecule has 4 rings (SSSR count). The first-order valence-corrected chi connectivity index (χ1v) is 13.7. The van der Waals surface area contributed by atoms with Crippen LogP contribution in [0.5, 0.6) is 0 Å². The van der Waals surface area contributed by atoms with Crippen LogP contribution in [0.2, 0.25) is 0 Å². The lowest BCUT2D eigenvalue weighted by Gasteiger charge is -2.58. The summed E-state index contributed by atoms with van der Waals surface area (Å²) < 4.78 is 5.81. The first kappa shape index (κ1) is 23.8. The van der Waals surface area contributed by atoms with Crippen molar-refractivity contribution in [2.75, 3.05) is 0 Å². The molecule has 3 fully saturated rings. The van der Waals surface area contributed by atoms with Gasteiger partial charge in [-0.15, -0.1) is 0 Å². The number of rotatable bonds is 7. The molecule has 3 saturated carbocycles. The van der Waals surface area contributed by atoms with Crippen LogP contribution in [-0.4, -0.2) is 17.5 Å². The highest BCUT2D eigenvalue weighted by molar-refractivity contribution is 5.25. The molecule has 0 heterocycles. The van der Waals surface area contributed by atoms with Crippen molar-refractivity contribution in [3.8, 4) is 0 Å². The third kappa shape index (κ3) is 4.42. The summed E-state index contributed by atoms with van der Waals surface area (Å²) in [5, 5.41) is 9.69. The number of aliphatic hydroxyl groups is 1. The second-order valence-corrected chi connectivity index (χ2v) is 12.9. The lowest BCUT2D eigenvalue weighted by Crippen LogP contribution is -2.51. The Hall–Kier alpha value is -0.340. The summed E-state index contributed by atoms with van der Waals surface area (Å²) in [5.74, 6) is 5.38. The van der Waals surface area contributed by atoms with Crippen LogP contribution in [0, 0.1) is 46.3 Å². The van der Waals surface area contributed by atoms with Gasteiger partial charge in [-0.2, -0.15) is 0 Å². The van der Waals surface area contributed by atoms with Gasteiger partial charge in [-0.25, -0.2) is 0 Å². The maximum absolute atomic E-state index is 9.69. The first-order valence-electron chi connectivity index (χ1n) is 13.7. The molecule has 0 spiro atoms. The molecule has 0 aromatic heterocycles. The van der Waals surface area contributed by atoms with E-state index in [1.165, 1.54) is 57.8 Å². The highest BCUT2D eigenvalue weighted by Gasteiger charge is 2.59. The van der Waals surface area contributed by atoms with E-state index in [0.717, 1.165) is 48.3 Å². The molecule has 0 saturated heterocycles. The Morgan fingerprint density at radius 2 is 1.77 bits per heavy atom. The van der Waals surface area contributed by atoms with Crippen molar-refractivity contribution in [1.82, 2.24) is 0 Å². The van der Waals surface area contributed by atoms with E-state index in [2.05, 4.69) is 40.7 Å². The second-order valence-electron chi connectivity index (χ2n) is 12.9. The molecule has 0 aromatic carbocycles. The third-order valence-electron chi connectivity index (χ3n) is 10.6. The molecule has 178 valence electrons. The molecule has 0 radical (unpaired) electrons. The van der Waals surface area contributed by atoms with E-state index in [9.17, 15) is 5.11 Å². The van der Waals surface area contributed by atoms with Gasteiger partial charge < -0.3 is 9.84 Å². The number of aliphatic hydroxyl groups excluding tert-OH is 1. The summed E-state index contributed by atoms with van der Waals surface area (Å²) >= 11 is 0. The molecule has 1 N–H and O–H groups in total. The van der Waals surface area contributed by atoms with Gasteiger partial charge in [0.15, 0.2) is 6.29 Å². The standard InChI is InChI=1S/C29H50O2/c1-19(2)8-7-9-20(3)25-12-13-26-24-11-10-22-18-23(31-21(4)30)14-16-28(22,5)27(24)15-17-29(25,26)6/h10,19-21,23-27,30H,7-9,11-18H2,1-6H3/t20-,21?,23+,24+,25-,26?,27+,28+,29-/m1/s1. The third-order valence-corrected chi connectivity index (χ3v) is 10.6. The number of allylic oxidation sites excluding steroid dienone is 1. The van der Waals surface area contributed by atoms with Crippen LogP contribution >= 0.6 is 0 Å². The van der Waals surface area contributed by atoms with E-state index in [0.29, 0.717) is 10.8 Å².